The van der Waals surface area contributed by atoms with E-state index in [1.165, 1.54) is 26.2 Å². The van der Waals surface area contributed by atoms with E-state index in [-0.39, 0.29) is 6.61 Å². The molecule has 0 aliphatic heterocycles. The first kappa shape index (κ1) is 14.4. The first-order valence-electron chi connectivity index (χ1n) is 5.30. The van der Waals surface area contributed by atoms with E-state index in [2.05, 4.69) is 4.74 Å². The summed E-state index contributed by atoms with van der Waals surface area (Å²) in [6.45, 7) is 1.39. The molecule has 0 bridgehead atoms. The maximum absolute atomic E-state index is 13.8. The van der Waals surface area contributed by atoms with Gasteiger partial charge in [-0.3, -0.25) is 0 Å². The molecule has 0 radical (unpaired) electrons. The Bertz CT molecular complexity index is 403. The fraction of sp³-hybridized carbons (Fsp3) is 0.417. The largest absolute Gasteiger partial charge is 0.497 e. The third-order valence-corrected chi connectivity index (χ3v) is 2.33. The Hall–Kier alpha value is -1.69. The maximum atomic E-state index is 13.8. The third-order valence-electron chi connectivity index (χ3n) is 2.33. The van der Waals surface area contributed by atoms with Gasteiger partial charge < -0.3 is 14.6 Å². The van der Waals surface area contributed by atoms with Crippen LogP contribution in [0, 0.1) is 0 Å². The van der Waals surface area contributed by atoms with Gasteiger partial charge in [0.1, 0.15) is 5.75 Å². The third kappa shape index (κ3) is 2.95. The summed E-state index contributed by atoms with van der Waals surface area (Å²) in [5.41, 5.74) is -0.483. The molecule has 4 nitrogen and oxygen atoms in total. The standard InChI is InChI=1S/C12H14F2O4/c1-3-18-11(16)10(15)12(13,14)8-4-6-9(17-2)7-5-8/h4-7,10,15H,3H2,1-2H3. The number of methoxy groups -OCH3 is 1. The molecule has 1 aromatic rings. The molecule has 0 fully saturated rings. The van der Waals surface area contributed by atoms with Gasteiger partial charge in [0.2, 0.25) is 6.10 Å². The lowest BCUT2D eigenvalue weighted by Crippen LogP contribution is -2.39. The second kappa shape index (κ2) is 5.77. The highest BCUT2D eigenvalue weighted by Gasteiger charge is 2.45. The fourth-order valence-electron chi connectivity index (χ4n) is 1.34. The molecule has 1 unspecified atom stereocenters. The van der Waals surface area contributed by atoms with Gasteiger partial charge in [-0.05, 0) is 31.2 Å². The molecular formula is C12H14F2O4. The predicted molar refractivity (Wildman–Crippen MR) is 59.5 cm³/mol. The van der Waals surface area contributed by atoms with Crippen molar-refractivity contribution in [3.63, 3.8) is 0 Å². The molecule has 0 amide bonds. The number of aliphatic hydroxyl groups excluding tert-OH is 1. The van der Waals surface area contributed by atoms with Gasteiger partial charge in [0.05, 0.1) is 13.7 Å². The average Bonchev–Trinajstić information content (AvgIpc) is 2.38. The van der Waals surface area contributed by atoms with Crippen molar-refractivity contribution in [1.29, 1.82) is 0 Å². The lowest BCUT2D eigenvalue weighted by molar-refractivity contribution is -0.178. The topological polar surface area (TPSA) is 55.8 Å². The van der Waals surface area contributed by atoms with Gasteiger partial charge in [0.15, 0.2) is 0 Å². The maximum Gasteiger partial charge on any atom is 0.341 e. The Morgan fingerprint density at radius 3 is 2.39 bits per heavy atom. The van der Waals surface area contributed by atoms with Crippen LogP contribution in [0.25, 0.3) is 0 Å². The first-order valence-corrected chi connectivity index (χ1v) is 5.30. The number of halogens is 2. The highest BCUT2D eigenvalue weighted by atomic mass is 19.3. The van der Waals surface area contributed by atoms with Crippen molar-refractivity contribution in [3.8, 4) is 5.75 Å². The van der Waals surface area contributed by atoms with E-state index in [4.69, 9.17) is 4.74 Å². The minimum Gasteiger partial charge on any atom is -0.497 e. The number of alkyl halides is 2. The summed E-state index contributed by atoms with van der Waals surface area (Å²) in [7, 11) is 1.40. The van der Waals surface area contributed by atoms with E-state index in [9.17, 15) is 18.7 Å². The summed E-state index contributed by atoms with van der Waals surface area (Å²) >= 11 is 0. The van der Waals surface area contributed by atoms with E-state index in [0.717, 1.165) is 12.1 Å². The molecule has 1 N–H and O–H groups in total. The van der Waals surface area contributed by atoms with Crippen LogP contribution in [0.5, 0.6) is 5.75 Å². The quantitative estimate of drug-likeness (QED) is 0.819. The lowest BCUT2D eigenvalue weighted by atomic mass is 10.0. The van der Waals surface area contributed by atoms with Crippen LogP contribution in [-0.2, 0) is 15.5 Å². The minimum atomic E-state index is -3.71. The van der Waals surface area contributed by atoms with E-state index < -0.39 is 23.6 Å². The number of aliphatic hydroxyl groups is 1. The number of ether oxygens (including phenoxy) is 2. The molecule has 0 aliphatic rings. The van der Waals surface area contributed by atoms with Crippen molar-refractivity contribution in [2.24, 2.45) is 0 Å². The van der Waals surface area contributed by atoms with Gasteiger partial charge in [-0.25, -0.2) is 4.79 Å². The molecule has 100 valence electrons. The molecule has 6 heteroatoms. The molecular weight excluding hydrogens is 246 g/mol. The molecule has 18 heavy (non-hydrogen) atoms. The number of benzene rings is 1. The Morgan fingerprint density at radius 2 is 1.94 bits per heavy atom. The zero-order valence-corrected chi connectivity index (χ0v) is 10.0. The minimum absolute atomic E-state index is 0.0748. The smallest absolute Gasteiger partial charge is 0.341 e. The van der Waals surface area contributed by atoms with Crippen LogP contribution in [0.3, 0.4) is 0 Å². The number of esters is 1. The Labute approximate surface area is 103 Å². The molecule has 1 aromatic carbocycles. The molecule has 0 saturated carbocycles. The number of carbonyl (C=O) groups excluding carboxylic acids is 1. The van der Waals surface area contributed by atoms with Gasteiger partial charge in [0.25, 0.3) is 0 Å². The van der Waals surface area contributed by atoms with Crippen LogP contribution in [0.2, 0.25) is 0 Å². The molecule has 0 heterocycles. The summed E-state index contributed by atoms with van der Waals surface area (Å²) in [6, 6.07) is 4.81. The fourth-order valence-corrected chi connectivity index (χ4v) is 1.34. The van der Waals surface area contributed by atoms with Crippen LogP contribution in [-0.4, -0.2) is 30.9 Å². The summed E-state index contributed by atoms with van der Waals surface area (Å²) in [4.78, 5) is 11.1. The molecule has 1 atom stereocenters. The number of rotatable bonds is 5. The molecule has 0 aromatic heterocycles. The van der Waals surface area contributed by atoms with E-state index in [1.54, 1.807) is 0 Å². The Balaban J connectivity index is 2.93. The SMILES string of the molecule is CCOC(=O)C(O)C(F)(F)c1ccc(OC)cc1. The Kier molecular flexibility index (Phi) is 4.61. The van der Waals surface area contributed by atoms with Crippen molar-refractivity contribution in [2.45, 2.75) is 19.0 Å². The van der Waals surface area contributed by atoms with Crippen LogP contribution < -0.4 is 4.74 Å². The number of carbonyl (C=O) groups is 1. The molecule has 0 spiro atoms. The van der Waals surface area contributed by atoms with E-state index in [1.807, 2.05) is 0 Å². The van der Waals surface area contributed by atoms with Crippen LogP contribution in [0.1, 0.15) is 12.5 Å². The second-order valence-electron chi connectivity index (χ2n) is 3.51. The van der Waals surface area contributed by atoms with E-state index >= 15 is 0 Å². The van der Waals surface area contributed by atoms with Crippen molar-refractivity contribution in [3.05, 3.63) is 29.8 Å². The van der Waals surface area contributed by atoms with E-state index in [0.29, 0.717) is 5.75 Å². The average molecular weight is 260 g/mol. The Morgan fingerprint density at radius 1 is 1.39 bits per heavy atom. The van der Waals surface area contributed by atoms with Crippen molar-refractivity contribution in [2.75, 3.05) is 13.7 Å². The summed E-state index contributed by atoms with van der Waals surface area (Å²) in [5.74, 6) is -4.66. The normalized spacial score (nSPS) is 12.9. The summed E-state index contributed by atoms with van der Waals surface area (Å²) in [6.07, 6.45) is -2.52. The number of hydrogen-bond acceptors (Lipinski definition) is 4. The van der Waals surface area contributed by atoms with Gasteiger partial charge in [-0.1, -0.05) is 0 Å². The van der Waals surface area contributed by atoms with Crippen LogP contribution in [0.4, 0.5) is 8.78 Å². The first-order chi connectivity index (χ1) is 8.43. The van der Waals surface area contributed by atoms with Gasteiger partial charge in [-0.2, -0.15) is 8.78 Å². The van der Waals surface area contributed by atoms with Crippen molar-refractivity contribution in [1.82, 2.24) is 0 Å². The summed E-state index contributed by atoms with van der Waals surface area (Å²) in [5, 5.41) is 9.30. The molecule has 0 saturated heterocycles. The molecule has 1 rings (SSSR count). The van der Waals surface area contributed by atoms with Gasteiger partial charge >= 0.3 is 11.9 Å². The van der Waals surface area contributed by atoms with Crippen molar-refractivity contribution >= 4 is 5.97 Å². The van der Waals surface area contributed by atoms with Crippen LogP contribution >= 0.6 is 0 Å². The summed E-state index contributed by atoms with van der Waals surface area (Å²) < 4.78 is 36.7. The highest BCUT2D eigenvalue weighted by Crippen LogP contribution is 2.33. The highest BCUT2D eigenvalue weighted by molar-refractivity contribution is 5.76. The molecule has 0 aliphatic carbocycles. The zero-order chi connectivity index (χ0) is 13.8. The monoisotopic (exact) mass is 260 g/mol. The zero-order valence-electron chi connectivity index (χ0n) is 10.0. The van der Waals surface area contributed by atoms with Gasteiger partial charge in [-0.15, -0.1) is 0 Å². The second-order valence-corrected chi connectivity index (χ2v) is 3.51. The van der Waals surface area contributed by atoms with Gasteiger partial charge in [0, 0.05) is 5.56 Å². The number of hydrogen-bond donors (Lipinski definition) is 1. The predicted octanol–water partition coefficient (Wildman–Crippen LogP) is 1.71. The van der Waals surface area contributed by atoms with Crippen molar-refractivity contribution < 1.29 is 28.2 Å². The van der Waals surface area contributed by atoms with Crippen LogP contribution in [0.15, 0.2) is 24.3 Å². The lowest BCUT2D eigenvalue weighted by Gasteiger charge is -2.21.